The Labute approximate surface area is 117 Å². The Kier molecular flexibility index (Phi) is 4.74. The van der Waals surface area contributed by atoms with Crippen LogP contribution in [0.15, 0.2) is 30.3 Å². The maximum Gasteiger partial charge on any atom is 0.326 e. The molecule has 0 aromatic heterocycles. The van der Waals surface area contributed by atoms with E-state index in [1.165, 1.54) is 7.11 Å². The van der Waals surface area contributed by atoms with E-state index in [1.807, 2.05) is 18.2 Å². The van der Waals surface area contributed by atoms with Crippen LogP contribution in [0, 0.1) is 5.92 Å². The Bertz CT molecular complexity index is 470. The molecule has 0 saturated heterocycles. The summed E-state index contributed by atoms with van der Waals surface area (Å²) in [6, 6.07) is 8.20. The van der Waals surface area contributed by atoms with E-state index < -0.39 is 24.0 Å². The third-order valence-electron chi connectivity index (χ3n) is 3.46. The van der Waals surface area contributed by atoms with Crippen molar-refractivity contribution < 1.29 is 19.4 Å². The molecular formula is C15H19NO4. The van der Waals surface area contributed by atoms with E-state index in [0.29, 0.717) is 17.9 Å². The van der Waals surface area contributed by atoms with E-state index >= 15 is 0 Å². The zero-order valence-electron chi connectivity index (χ0n) is 11.4. The van der Waals surface area contributed by atoms with Gasteiger partial charge in [0, 0.05) is 7.11 Å². The highest BCUT2D eigenvalue weighted by Gasteiger charge is 2.32. The number of carboxylic acids is 1. The number of aliphatic carboxylic acids is 1. The molecule has 1 unspecified atom stereocenters. The minimum atomic E-state index is -0.992. The number of carboxylic acid groups (broad SMARTS) is 1. The van der Waals surface area contributed by atoms with Gasteiger partial charge in [-0.05, 0) is 17.9 Å². The number of nitrogens with one attached hydrogen (secondary N) is 1. The first kappa shape index (κ1) is 14.5. The van der Waals surface area contributed by atoms with Crippen molar-refractivity contribution in [2.75, 3.05) is 7.11 Å². The quantitative estimate of drug-likeness (QED) is 0.796. The number of benzene rings is 1. The molecule has 0 bridgehead atoms. The summed E-state index contributed by atoms with van der Waals surface area (Å²) in [6.07, 6.45) is 1.81. The van der Waals surface area contributed by atoms with Crippen molar-refractivity contribution in [2.24, 2.45) is 5.92 Å². The molecule has 1 saturated carbocycles. The zero-order valence-corrected chi connectivity index (χ0v) is 11.4. The second kappa shape index (κ2) is 6.52. The van der Waals surface area contributed by atoms with Crippen molar-refractivity contribution in [3.8, 4) is 0 Å². The predicted octanol–water partition coefficient (Wildman–Crippen LogP) is 1.74. The number of methoxy groups -OCH3 is 1. The molecule has 108 valence electrons. The molecule has 1 aromatic rings. The van der Waals surface area contributed by atoms with Crippen LogP contribution in [0.3, 0.4) is 0 Å². The Morgan fingerprint density at radius 3 is 2.50 bits per heavy atom. The Hall–Kier alpha value is -1.88. The Balaban J connectivity index is 2.02. The van der Waals surface area contributed by atoms with Crippen molar-refractivity contribution >= 4 is 11.9 Å². The van der Waals surface area contributed by atoms with Gasteiger partial charge in [-0.15, -0.1) is 0 Å². The lowest BCUT2D eigenvalue weighted by Gasteiger charge is -2.19. The molecule has 1 amide bonds. The third kappa shape index (κ3) is 3.81. The standard InChI is InChI=1S/C15H19NO4/c1-20-13(11-5-3-2-4-6-11)14(17)16-12(15(18)19)9-10-7-8-10/h2-6,10,12-13H,7-9H2,1H3,(H,16,17)(H,18,19)/t12?,13-/m1/s1. The molecule has 1 aliphatic carbocycles. The third-order valence-corrected chi connectivity index (χ3v) is 3.46. The molecule has 2 atom stereocenters. The van der Waals surface area contributed by atoms with Gasteiger partial charge in [-0.3, -0.25) is 4.79 Å². The van der Waals surface area contributed by atoms with Gasteiger partial charge in [0.2, 0.25) is 0 Å². The lowest BCUT2D eigenvalue weighted by atomic mass is 10.1. The number of ether oxygens (including phenoxy) is 1. The van der Waals surface area contributed by atoms with Crippen LogP contribution in [0.1, 0.15) is 30.9 Å². The molecule has 0 radical (unpaired) electrons. The maximum absolute atomic E-state index is 12.2. The first-order valence-corrected chi connectivity index (χ1v) is 6.72. The van der Waals surface area contributed by atoms with Crippen LogP contribution >= 0.6 is 0 Å². The van der Waals surface area contributed by atoms with Gasteiger partial charge in [0.15, 0.2) is 6.10 Å². The molecule has 1 aromatic carbocycles. The second-order valence-corrected chi connectivity index (χ2v) is 5.10. The molecule has 20 heavy (non-hydrogen) atoms. The minimum Gasteiger partial charge on any atom is -0.480 e. The largest absolute Gasteiger partial charge is 0.480 e. The second-order valence-electron chi connectivity index (χ2n) is 5.10. The van der Waals surface area contributed by atoms with E-state index in [4.69, 9.17) is 9.84 Å². The van der Waals surface area contributed by atoms with Crippen molar-refractivity contribution in [2.45, 2.75) is 31.4 Å². The van der Waals surface area contributed by atoms with Crippen LogP contribution in [-0.2, 0) is 14.3 Å². The van der Waals surface area contributed by atoms with Gasteiger partial charge >= 0.3 is 5.97 Å². The van der Waals surface area contributed by atoms with Crippen LogP contribution < -0.4 is 5.32 Å². The Morgan fingerprint density at radius 1 is 1.35 bits per heavy atom. The van der Waals surface area contributed by atoms with Crippen LogP contribution in [0.5, 0.6) is 0 Å². The fraction of sp³-hybridized carbons (Fsp3) is 0.467. The first-order chi connectivity index (χ1) is 9.61. The lowest BCUT2D eigenvalue weighted by molar-refractivity contribution is -0.144. The van der Waals surface area contributed by atoms with Crippen LogP contribution in [0.2, 0.25) is 0 Å². The lowest BCUT2D eigenvalue weighted by Crippen LogP contribution is -2.43. The van der Waals surface area contributed by atoms with E-state index in [-0.39, 0.29) is 0 Å². The Morgan fingerprint density at radius 2 is 2.00 bits per heavy atom. The summed E-state index contributed by atoms with van der Waals surface area (Å²) in [6.45, 7) is 0. The van der Waals surface area contributed by atoms with Crippen molar-refractivity contribution in [1.29, 1.82) is 0 Å². The first-order valence-electron chi connectivity index (χ1n) is 6.72. The summed E-state index contributed by atoms with van der Waals surface area (Å²) < 4.78 is 5.19. The van der Waals surface area contributed by atoms with Crippen molar-refractivity contribution in [3.63, 3.8) is 0 Å². The van der Waals surface area contributed by atoms with E-state index in [1.54, 1.807) is 12.1 Å². The molecule has 2 rings (SSSR count). The number of hydrogen-bond donors (Lipinski definition) is 2. The number of rotatable bonds is 7. The molecule has 5 nitrogen and oxygen atoms in total. The highest BCUT2D eigenvalue weighted by atomic mass is 16.5. The normalized spacial score (nSPS) is 17.2. The summed E-state index contributed by atoms with van der Waals surface area (Å²) in [4.78, 5) is 23.4. The monoisotopic (exact) mass is 277 g/mol. The summed E-state index contributed by atoms with van der Waals surface area (Å²) in [5.74, 6) is -0.978. The van der Waals surface area contributed by atoms with Crippen molar-refractivity contribution in [1.82, 2.24) is 5.32 Å². The fourth-order valence-corrected chi connectivity index (χ4v) is 2.18. The number of hydrogen-bond acceptors (Lipinski definition) is 3. The van der Waals surface area contributed by atoms with Gasteiger partial charge in [-0.25, -0.2) is 4.79 Å². The predicted molar refractivity (Wildman–Crippen MR) is 73.1 cm³/mol. The van der Waals surface area contributed by atoms with Crippen LogP contribution in [0.4, 0.5) is 0 Å². The van der Waals surface area contributed by atoms with Gasteiger partial charge < -0.3 is 15.2 Å². The average molecular weight is 277 g/mol. The van der Waals surface area contributed by atoms with Crippen molar-refractivity contribution in [3.05, 3.63) is 35.9 Å². The molecule has 5 heteroatoms. The molecule has 1 fully saturated rings. The van der Waals surface area contributed by atoms with E-state index in [0.717, 1.165) is 12.8 Å². The van der Waals surface area contributed by atoms with Crippen LogP contribution in [0.25, 0.3) is 0 Å². The van der Waals surface area contributed by atoms with Gasteiger partial charge in [-0.2, -0.15) is 0 Å². The topological polar surface area (TPSA) is 75.6 Å². The zero-order chi connectivity index (χ0) is 14.5. The molecular weight excluding hydrogens is 258 g/mol. The summed E-state index contributed by atoms with van der Waals surface area (Å²) in [5.41, 5.74) is 0.711. The van der Waals surface area contributed by atoms with Crippen LogP contribution in [-0.4, -0.2) is 30.1 Å². The molecule has 1 aliphatic rings. The van der Waals surface area contributed by atoms with Gasteiger partial charge in [0.1, 0.15) is 6.04 Å². The number of amides is 1. The average Bonchev–Trinajstić information content (AvgIpc) is 3.24. The number of carbonyl (C=O) groups is 2. The molecule has 0 aliphatic heterocycles. The fourth-order valence-electron chi connectivity index (χ4n) is 2.18. The summed E-state index contributed by atoms with van der Waals surface area (Å²) >= 11 is 0. The molecule has 0 spiro atoms. The molecule has 0 heterocycles. The highest BCUT2D eigenvalue weighted by molar-refractivity contribution is 5.87. The number of carbonyl (C=O) groups excluding carboxylic acids is 1. The van der Waals surface area contributed by atoms with Gasteiger partial charge in [0.25, 0.3) is 5.91 Å². The van der Waals surface area contributed by atoms with Gasteiger partial charge in [-0.1, -0.05) is 43.2 Å². The highest BCUT2D eigenvalue weighted by Crippen LogP contribution is 2.33. The maximum atomic E-state index is 12.2. The smallest absolute Gasteiger partial charge is 0.326 e. The summed E-state index contributed by atoms with van der Waals surface area (Å²) in [5, 5.41) is 11.7. The van der Waals surface area contributed by atoms with E-state index in [2.05, 4.69) is 5.32 Å². The summed E-state index contributed by atoms with van der Waals surface area (Å²) in [7, 11) is 1.44. The SMILES string of the molecule is CO[C@@H](C(=O)NC(CC1CC1)C(=O)O)c1ccccc1. The van der Waals surface area contributed by atoms with Gasteiger partial charge in [0.05, 0.1) is 0 Å². The molecule has 2 N–H and O–H groups in total. The minimum absolute atomic E-state index is 0.410. The van der Waals surface area contributed by atoms with E-state index in [9.17, 15) is 9.59 Å².